The van der Waals surface area contributed by atoms with Crippen molar-refractivity contribution in [1.82, 2.24) is 0 Å². The second-order valence-corrected chi connectivity index (χ2v) is 6.66. The minimum absolute atomic E-state index is 0.0685. The van der Waals surface area contributed by atoms with Crippen LogP contribution >= 0.6 is 0 Å². The van der Waals surface area contributed by atoms with E-state index in [1.165, 1.54) is 7.11 Å². The summed E-state index contributed by atoms with van der Waals surface area (Å²) in [5.41, 5.74) is 2.52. The van der Waals surface area contributed by atoms with Crippen molar-refractivity contribution in [2.45, 2.75) is 26.2 Å². The molecule has 1 heterocycles. The van der Waals surface area contributed by atoms with Gasteiger partial charge in [-0.2, -0.15) is 0 Å². The maximum atomic E-state index is 12.3. The molecule has 28 heavy (non-hydrogen) atoms. The molecule has 1 aliphatic rings. The molecule has 146 valence electrons. The summed E-state index contributed by atoms with van der Waals surface area (Å²) < 4.78 is 5.21. The summed E-state index contributed by atoms with van der Waals surface area (Å²) in [5, 5.41) is 5.15. The van der Waals surface area contributed by atoms with E-state index in [2.05, 4.69) is 10.6 Å². The van der Waals surface area contributed by atoms with Gasteiger partial charge in [0.2, 0.25) is 5.91 Å². The van der Waals surface area contributed by atoms with Crippen LogP contribution in [0.5, 0.6) is 5.75 Å². The molecule has 0 aliphatic carbocycles. The Hall–Kier alpha value is -3.35. The van der Waals surface area contributed by atoms with Crippen LogP contribution in [0.15, 0.2) is 42.5 Å². The zero-order valence-corrected chi connectivity index (χ0v) is 16.0. The van der Waals surface area contributed by atoms with Crippen LogP contribution < -0.4 is 20.3 Å². The number of nitrogens with one attached hydrogen (secondary N) is 2. The first-order chi connectivity index (χ1) is 13.5. The van der Waals surface area contributed by atoms with Crippen LogP contribution in [0.4, 0.5) is 17.1 Å². The number of amides is 3. The Morgan fingerprint density at radius 3 is 2.57 bits per heavy atom. The highest BCUT2D eigenvalue weighted by atomic mass is 16.5. The lowest BCUT2D eigenvalue weighted by atomic mass is 10.1. The highest BCUT2D eigenvalue weighted by molar-refractivity contribution is 6.43. The number of hydrogen-bond donors (Lipinski definition) is 2. The molecule has 3 amide bonds. The minimum atomic E-state index is -0.802. The molecule has 0 bridgehead atoms. The Labute approximate surface area is 163 Å². The average molecular weight is 381 g/mol. The Morgan fingerprint density at radius 2 is 1.82 bits per heavy atom. The highest BCUT2D eigenvalue weighted by Crippen LogP contribution is 2.26. The van der Waals surface area contributed by atoms with Crippen LogP contribution in [0.2, 0.25) is 0 Å². The van der Waals surface area contributed by atoms with Crippen LogP contribution in [-0.2, 0) is 14.4 Å². The highest BCUT2D eigenvalue weighted by Gasteiger charge is 2.21. The van der Waals surface area contributed by atoms with Gasteiger partial charge in [0.1, 0.15) is 5.75 Å². The van der Waals surface area contributed by atoms with Crippen LogP contribution in [-0.4, -0.2) is 31.4 Å². The number of benzene rings is 2. The van der Waals surface area contributed by atoms with E-state index in [0.29, 0.717) is 35.8 Å². The lowest BCUT2D eigenvalue weighted by Gasteiger charge is -2.27. The number of ether oxygens (including phenoxy) is 1. The monoisotopic (exact) mass is 381 g/mol. The molecule has 0 unspecified atom stereocenters. The van der Waals surface area contributed by atoms with Crippen LogP contribution in [0.3, 0.4) is 0 Å². The van der Waals surface area contributed by atoms with Gasteiger partial charge in [0.05, 0.1) is 12.8 Å². The molecule has 7 nitrogen and oxygen atoms in total. The van der Waals surface area contributed by atoms with E-state index in [-0.39, 0.29) is 5.91 Å². The molecule has 2 aromatic carbocycles. The van der Waals surface area contributed by atoms with E-state index < -0.39 is 11.8 Å². The number of rotatable bonds is 4. The van der Waals surface area contributed by atoms with E-state index in [4.69, 9.17) is 4.74 Å². The van der Waals surface area contributed by atoms with Gasteiger partial charge in [-0.25, -0.2) is 0 Å². The maximum absolute atomic E-state index is 12.3. The van der Waals surface area contributed by atoms with Gasteiger partial charge in [-0.3, -0.25) is 14.4 Å². The summed E-state index contributed by atoms with van der Waals surface area (Å²) in [6, 6.07) is 12.2. The quantitative estimate of drug-likeness (QED) is 0.797. The second kappa shape index (κ2) is 8.56. The van der Waals surface area contributed by atoms with Gasteiger partial charge in [0, 0.05) is 24.3 Å². The van der Waals surface area contributed by atoms with E-state index in [1.807, 2.05) is 19.1 Å². The van der Waals surface area contributed by atoms with Crippen molar-refractivity contribution in [3.05, 3.63) is 48.0 Å². The third-order valence-corrected chi connectivity index (χ3v) is 4.55. The van der Waals surface area contributed by atoms with Crippen molar-refractivity contribution >= 4 is 34.8 Å². The van der Waals surface area contributed by atoms with Gasteiger partial charge in [-0.15, -0.1) is 0 Å². The molecule has 7 heteroatoms. The molecule has 2 N–H and O–H groups in total. The molecule has 0 saturated carbocycles. The molecule has 0 radical (unpaired) electrons. The van der Waals surface area contributed by atoms with Gasteiger partial charge in [0.15, 0.2) is 0 Å². The fraction of sp³-hybridized carbons (Fsp3) is 0.286. The topological polar surface area (TPSA) is 87.7 Å². The SMILES string of the molecule is COc1ccc(C)cc1NC(=O)C(=O)Nc1cccc(N2CCCCC2=O)c1. The Morgan fingerprint density at radius 1 is 1.04 bits per heavy atom. The van der Waals surface area contributed by atoms with Gasteiger partial charge in [0.25, 0.3) is 0 Å². The third-order valence-electron chi connectivity index (χ3n) is 4.55. The predicted octanol–water partition coefficient (Wildman–Crippen LogP) is 3.10. The van der Waals surface area contributed by atoms with Crippen molar-refractivity contribution in [1.29, 1.82) is 0 Å². The summed E-state index contributed by atoms with van der Waals surface area (Å²) in [7, 11) is 1.49. The molecular formula is C21H23N3O4. The maximum Gasteiger partial charge on any atom is 0.314 e. The van der Waals surface area contributed by atoms with Gasteiger partial charge in [-0.1, -0.05) is 12.1 Å². The molecule has 1 fully saturated rings. The van der Waals surface area contributed by atoms with Crippen LogP contribution in [0.1, 0.15) is 24.8 Å². The van der Waals surface area contributed by atoms with E-state index in [1.54, 1.807) is 35.2 Å². The molecule has 2 aromatic rings. The molecule has 3 rings (SSSR count). The number of carbonyl (C=O) groups excluding carboxylic acids is 3. The largest absolute Gasteiger partial charge is 0.495 e. The molecule has 1 saturated heterocycles. The van der Waals surface area contributed by atoms with Crippen LogP contribution in [0, 0.1) is 6.92 Å². The predicted molar refractivity (Wildman–Crippen MR) is 108 cm³/mol. The van der Waals surface area contributed by atoms with Crippen molar-refractivity contribution < 1.29 is 19.1 Å². The second-order valence-electron chi connectivity index (χ2n) is 6.66. The fourth-order valence-corrected chi connectivity index (χ4v) is 3.12. The van der Waals surface area contributed by atoms with Crippen molar-refractivity contribution in [2.24, 2.45) is 0 Å². The summed E-state index contributed by atoms with van der Waals surface area (Å²) in [6.07, 6.45) is 2.37. The smallest absolute Gasteiger partial charge is 0.314 e. The number of methoxy groups -OCH3 is 1. The number of hydrogen-bond acceptors (Lipinski definition) is 4. The fourth-order valence-electron chi connectivity index (χ4n) is 3.12. The van der Waals surface area contributed by atoms with Gasteiger partial charge >= 0.3 is 11.8 Å². The Kier molecular flexibility index (Phi) is 5.93. The van der Waals surface area contributed by atoms with E-state index in [9.17, 15) is 14.4 Å². The van der Waals surface area contributed by atoms with Crippen LogP contribution in [0.25, 0.3) is 0 Å². The van der Waals surface area contributed by atoms with Crippen molar-refractivity contribution in [3.8, 4) is 5.75 Å². The van der Waals surface area contributed by atoms with Crippen molar-refractivity contribution in [2.75, 3.05) is 29.2 Å². The standard InChI is InChI=1S/C21H23N3O4/c1-14-9-10-18(28-2)17(12-14)23-21(27)20(26)22-15-6-5-7-16(13-15)24-11-4-3-8-19(24)25/h5-7,9-10,12-13H,3-4,8,11H2,1-2H3,(H,22,26)(H,23,27). The molecule has 0 aromatic heterocycles. The number of anilines is 3. The number of nitrogens with zero attached hydrogens (tertiary/aromatic N) is 1. The molecule has 1 aliphatic heterocycles. The molecular weight excluding hydrogens is 358 g/mol. The lowest BCUT2D eigenvalue weighted by molar-refractivity contribution is -0.133. The Bertz CT molecular complexity index is 910. The number of aryl methyl sites for hydroxylation is 1. The van der Waals surface area contributed by atoms with Crippen molar-refractivity contribution in [3.63, 3.8) is 0 Å². The van der Waals surface area contributed by atoms with E-state index >= 15 is 0 Å². The summed E-state index contributed by atoms with van der Waals surface area (Å²) >= 11 is 0. The molecule has 0 atom stereocenters. The minimum Gasteiger partial charge on any atom is -0.495 e. The van der Waals surface area contributed by atoms with Gasteiger partial charge < -0.3 is 20.3 Å². The van der Waals surface area contributed by atoms with E-state index in [0.717, 1.165) is 18.4 Å². The zero-order valence-electron chi connectivity index (χ0n) is 16.0. The summed E-state index contributed by atoms with van der Waals surface area (Å²) in [5.74, 6) is -1.06. The normalized spacial score (nSPS) is 13.8. The Balaban J connectivity index is 1.69. The first-order valence-corrected chi connectivity index (χ1v) is 9.15. The summed E-state index contributed by atoms with van der Waals surface area (Å²) in [6.45, 7) is 2.53. The molecule has 0 spiro atoms. The summed E-state index contributed by atoms with van der Waals surface area (Å²) in [4.78, 5) is 38.4. The lowest BCUT2D eigenvalue weighted by Crippen LogP contribution is -2.35. The third kappa shape index (κ3) is 4.49. The number of carbonyl (C=O) groups is 3. The average Bonchev–Trinajstić information content (AvgIpc) is 2.68. The zero-order chi connectivity index (χ0) is 20.1. The van der Waals surface area contributed by atoms with Gasteiger partial charge in [-0.05, 0) is 55.7 Å². The first-order valence-electron chi connectivity index (χ1n) is 9.15. The number of piperidine rings is 1. The first kappa shape index (κ1) is 19.4.